The second-order valence-corrected chi connectivity index (χ2v) is 3.87. The van der Waals surface area contributed by atoms with Crippen LogP contribution in [0.2, 0.25) is 0 Å². The highest BCUT2D eigenvalue weighted by Crippen LogP contribution is 2.14. The van der Waals surface area contributed by atoms with Crippen molar-refractivity contribution in [1.82, 2.24) is 0 Å². The number of aryl methyl sites for hydroxylation is 1. The molecular weight excluding hydrogens is 221 g/mol. The Labute approximate surface area is 101 Å². The number of nitrogen functional groups attached to an aromatic ring is 1. The number of hydrogen-bond acceptors (Lipinski definition) is 3. The molecule has 0 bridgehead atoms. The molecule has 2 N–H and O–H groups in total. The van der Waals surface area contributed by atoms with Gasteiger partial charge in [0, 0.05) is 6.42 Å². The summed E-state index contributed by atoms with van der Waals surface area (Å²) in [6.45, 7) is 2.21. The number of unbranched alkanes of at least 4 members (excludes halogenated alkanes) is 1. The van der Waals surface area contributed by atoms with Crippen molar-refractivity contribution < 1.29 is 13.9 Å². The summed E-state index contributed by atoms with van der Waals surface area (Å²) in [4.78, 5) is 11.1. The molecule has 1 rings (SSSR count). The fraction of sp³-hybridized carbons (Fsp3) is 0.462. The summed E-state index contributed by atoms with van der Waals surface area (Å²) in [7, 11) is 0. The van der Waals surface area contributed by atoms with Crippen LogP contribution in [0.4, 0.5) is 10.1 Å². The van der Waals surface area contributed by atoms with Crippen molar-refractivity contribution in [3.05, 3.63) is 29.6 Å². The number of carbonyl (C=O) groups is 1. The Hall–Kier alpha value is -1.58. The molecule has 0 aromatic heterocycles. The average Bonchev–Trinajstić information content (AvgIpc) is 2.29. The van der Waals surface area contributed by atoms with Gasteiger partial charge < -0.3 is 10.5 Å². The molecule has 94 valence electrons. The van der Waals surface area contributed by atoms with E-state index < -0.39 is 0 Å². The Morgan fingerprint density at radius 3 is 2.82 bits per heavy atom. The molecule has 17 heavy (non-hydrogen) atoms. The molecule has 1 aromatic rings. The van der Waals surface area contributed by atoms with Gasteiger partial charge in [0.25, 0.3) is 0 Å². The van der Waals surface area contributed by atoms with Gasteiger partial charge in [-0.05, 0) is 43.9 Å². The normalized spacial score (nSPS) is 10.2. The lowest BCUT2D eigenvalue weighted by Crippen LogP contribution is -2.03. The molecule has 0 amide bonds. The fourth-order valence-corrected chi connectivity index (χ4v) is 1.58. The third-order valence-corrected chi connectivity index (χ3v) is 2.46. The summed E-state index contributed by atoms with van der Waals surface area (Å²) in [5, 5.41) is 0. The van der Waals surface area contributed by atoms with Gasteiger partial charge in [0.15, 0.2) is 0 Å². The highest BCUT2D eigenvalue weighted by atomic mass is 19.1. The zero-order valence-electron chi connectivity index (χ0n) is 10.0. The maximum atomic E-state index is 12.9. The van der Waals surface area contributed by atoms with Crippen molar-refractivity contribution in [2.75, 3.05) is 12.3 Å². The van der Waals surface area contributed by atoms with Crippen LogP contribution in [0.25, 0.3) is 0 Å². The second kappa shape index (κ2) is 6.89. The molecule has 0 radical (unpaired) electrons. The summed E-state index contributed by atoms with van der Waals surface area (Å²) in [6.07, 6.45) is 2.87. The van der Waals surface area contributed by atoms with Crippen LogP contribution < -0.4 is 5.73 Å². The van der Waals surface area contributed by atoms with Gasteiger partial charge >= 0.3 is 5.97 Å². The molecule has 0 spiro atoms. The number of hydrogen-bond donors (Lipinski definition) is 1. The first-order valence-electron chi connectivity index (χ1n) is 5.83. The SMILES string of the molecule is CCOC(=O)CCCCc1ccc(F)c(N)c1. The van der Waals surface area contributed by atoms with Gasteiger partial charge in [-0.3, -0.25) is 4.79 Å². The first-order valence-corrected chi connectivity index (χ1v) is 5.83. The highest BCUT2D eigenvalue weighted by molar-refractivity contribution is 5.69. The van der Waals surface area contributed by atoms with E-state index in [2.05, 4.69) is 0 Å². The quantitative estimate of drug-likeness (QED) is 0.471. The molecule has 0 saturated carbocycles. The molecule has 0 unspecified atom stereocenters. The molecule has 4 heteroatoms. The summed E-state index contributed by atoms with van der Waals surface area (Å²) in [6, 6.07) is 4.73. The lowest BCUT2D eigenvalue weighted by atomic mass is 10.1. The van der Waals surface area contributed by atoms with Crippen LogP contribution in [0, 0.1) is 5.82 Å². The van der Waals surface area contributed by atoms with E-state index in [9.17, 15) is 9.18 Å². The van der Waals surface area contributed by atoms with Crippen LogP contribution in [0.15, 0.2) is 18.2 Å². The maximum Gasteiger partial charge on any atom is 0.305 e. The minimum absolute atomic E-state index is 0.161. The molecule has 1 aromatic carbocycles. The number of anilines is 1. The molecule has 0 aliphatic heterocycles. The Bertz CT molecular complexity index is 380. The largest absolute Gasteiger partial charge is 0.466 e. The lowest BCUT2D eigenvalue weighted by Gasteiger charge is -2.04. The number of esters is 1. The highest BCUT2D eigenvalue weighted by Gasteiger charge is 2.03. The monoisotopic (exact) mass is 239 g/mol. The Morgan fingerprint density at radius 1 is 1.41 bits per heavy atom. The van der Waals surface area contributed by atoms with Gasteiger partial charge in [0.05, 0.1) is 12.3 Å². The summed E-state index contributed by atoms with van der Waals surface area (Å²) < 4.78 is 17.7. The van der Waals surface area contributed by atoms with Gasteiger partial charge in [-0.1, -0.05) is 6.07 Å². The van der Waals surface area contributed by atoms with E-state index in [1.165, 1.54) is 6.07 Å². The molecule has 0 aliphatic carbocycles. The van der Waals surface area contributed by atoms with Crippen molar-refractivity contribution in [2.24, 2.45) is 0 Å². The van der Waals surface area contributed by atoms with Gasteiger partial charge in [-0.25, -0.2) is 4.39 Å². The van der Waals surface area contributed by atoms with E-state index in [0.29, 0.717) is 13.0 Å². The number of carbonyl (C=O) groups excluding carboxylic acids is 1. The molecule has 3 nitrogen and oxygen atoms in total. The zero-order chi connectivity index (χ0) is 12.7. The molecule has 0 atom stereocenters. The summed E-state index contributed by atoms with van der Waals surface area (Å²) in [5.41, 5.74) is 6.63. The molecular formula is C13H18FNO2. The number of rotatable bonds is 6. The number of benzene rings is 1. The lowest BCUT2D eigenvalue weighted by molar-refractivity contribution is -0.143. The third-order valence-electron chi connectivity index (χ3n) is 2.46. The Kier molecular flexibility index (Phi) is 5.46. The fourth-order valence-electron chi connectivity index (χ4n) is 1.58. The maximum absolute atomic E-state index is 12.9. The van der Waals surface area contributed by atoms with Crippen molar-refractivity contribution in [3.8, 4) is 0 Å². The minimum atomic E-state index is -0.389. The first kappa shape index (κ1) is 13.5. The van der Waals surface area contributed by atoms with Crippen molar-refractivity contribution in [2.45, 2.75) is 32.6 Å². The predicted molar refractivity (Wildman–Crippen MR) is 65.0 cm³/mol. The Balaban J connectivity index is 2.26. The smallest absolute Gasteiger partial charge is 0.305 e. The molecule has 0 fully saturated rings. The van der Waals surface area contributed by atoms with E-state index >= 15 is 0 Å². The molecule has 0 heterocycles. The Morgan fingerprint density at radius 2 is 2.18 bits per heavy atom. The first-order chi connectivity index (χ1) is 8.13. The van der Waals surface area contributed by atoms with Crippen LogP contribution in [-0.2, 0) is 16.0 Å². The van der Waals surface area contributed by atoms with Gasteiger partial charge in [-0.2, -0.15) is 0 Å². The van der Waals surface area contributed by atoms with Crippen LogP contribution in [0.5, 0.6) is 0 Å². The average molecular weight is 239 g/mol. The molecule has 0 saturated heterocycles. The van der Waals surface area contributed by atoms with Crippen molar-refractivity contribution in [1.29, 1.82) is 0 Å². The summed E-state index contributed by atoms with van der Waals surface area (Å²) in [5.74, 6) is -0.550. The van der Waals surface area contributed by atoms with Crippen LogP contribution in [-0.4, -0.2) is 12.6 Å². The van der Waals surface area contributed by atoms with E-state index in [-0.39, 0.29) is 17.5 Å². The van der Waals surface area contributed by atoms with E-state index in [4.69, 9.17) is 10.5 Å². The van der Waals surface area contributed by atoms with Crippen LogP contribution in [0.1, 0.15) is 31.7 Å². The zero-order valence-corrected chi connectivity index (χ0v) is 10.0. The van der Waals surface area contributed by atoms with Gasteiger partial charge in [0.1, 0.15) is 5.82 Å². The van der Waals surface area contributed by atoms with Crippen LogP contribution in [0.3, 0.4) is 0 Å². The number of halogens is 1. The topological polar surface area (TPSA) is 52.3 Å². The number of nitrogens with two attached hydrogens (primary N) is 1. The van der Waals surface area contributed by atoms with Crippen LogP contribution >= 0.6 is 0 Å². The minimum Gasteiger partial charge on any atom is -0.466 e. The standard InChI is InChI=1S/C13H18FNO2/c1-2-17-13(16)6-4-3-5-10-7-8-11(14)12(15)9-10/h7-9H,2-6,15H2,1H3. The second-order valence-electron chi connectivity index (χ2n) is 3.87. The van der Waals surface area contributed by atoms with E-state index in [1.54, 1.807) is 19.1 Å². The van der Waals surface area contributed by atoms with Gasteiger partial charge in [-0.15, -0.1) is 0 Å². The number of ether oxygens (including phenoxy) is 1. The third kappa shape index (κ3) is 4.85. The van der Waals surface area contributed by atoms with Gasteiger partial charge in [0.2, 0.25) is 0 Å². The van der Waals surface area contributed by atoms with Crippen molar-refractivity contribution >= 4 is 11.7 Å². The predicted octanol–water partition coefficient (Wildman–Crippen LogP) is 2.68. The molecule has 0 aliphatic rings. The van der Waals surface area contributed by atoms with E-state index in [1.807, 2.05) is 0 Å². The van der Waals surface area contributed by atoms with Crippen molar-refractivity contribution in [3.63, 3.8) is 0 Å². The van der Waals surface area contributed by atoms with E-state index in [0.717, 1.165) is 24.8 Å². The summed E-state index contributed by atoms with van der Waals surface area (Å²) >= 11 is 0.